The third kappa shape index (κ3) is 2.40. The minimum Gasteiger partial charge on any atom is -0.325 e. The molecule has 1 rings (SSSR count). The summed E-state index contributed by atoms with van der Waals surface area (Å²) in [6, 6.07) is 0. The summed E-state index contributed by atoms with van der Waals surface area (Å²) < 4.78 is 0. The van der Waals surface area contributed by atoms with Crippen molar-refractivity contribution in [2.24, 2.45) is 5.92 Å². The predicted octanol–water partition coefficient (Wildman–Crippen LogP) is 2.37. The SMILES string of the molecule is CCC(C)CN1C(=O)C(C)(CC)NC1CC. The van der Waals surface area contributed by atoms with E-state index in [0.29, 0.717) is 5.92 Å². The molecular formula is C13H26N2O. The Morgan fingerprint density at radius 1 is 1.44 bits per heavy atom. The van der Waals surface area contributed by atoms with Gasteiger partial charge in [-0.3, -0.25) is 10.1 Å². The standard InChI is InChI=1S/C13H26N2O/c1-6-10(4)9-15-11(7-2)14-13(5,8-3)12(15)16/h10-11,14H,6-9H2,1-5H3. The molecule has 94 valence electrons. The minimum atomic E-state index is -0.339. The second-order valence-electron chi connectivity index (χ2n) is 5.22. The molecule has 0 aliphatic carbocycles. The van der Waals surface area contributed by atoms with E-state index in [2.05, 4.69) is 33.0 Å². The van der Waals surface area contributed by atoms with E-state index in [-0.39, 0.29) is 17.6 Å². The van der Waals surface area contributed by atoms with Crippen LogP contribution in [0.3, 0.4) is 0 Å². The van der Waals surface area contributed by atoms with Gasteiger partial charge >= 0.3 is 0 Å². The second kappa shape index (κ2) is 5.17. The van der Waals surface area contributed by atoms with E-state index < -0.39 is 0 Å². The van der Waals surface area contributed by atoms with Crippen molar-refractivity contribution in [2.45, 2.75) is 65.6 Å². The number of nitrogens with zero attached hydrogens (tertiary/aromatic N) is 1. The summed E-state index contributed by atoms with van der Waals surface area (Å²) in [5.41, 5.74) is -0.339. The first-order chi connectivity index (χ1) is 7.48. The Balaban J connectivity index is 2.78. The van der Waals surface area contributed by atoms with Crippen molar-refractivity contribution < 1.29 is 4.79 Å². The van der Waals surface area contributed by atoms with Crippen LogP contribution in [0.2, 0.25) is 0 Å². The number of amides is 1. The maximum absolute atomic E-state index is 12.3. The molecule has 0 aromatic rings. The van der Waals surface area contributed by atoms with Crippen molar-refractivity contribution in [1.29, 1.82) is 0 Å². The smallest absolute Gasteiger partial charge is 0.243 e. The van der Waals surface area contributed by atoms with E-state index in [0.717, 1.165) is 25.8 Å². The van der Waals surface area contributed by atoms with Crippen molar-refractivity contribution in [1.82, 2.24) is 10.2 Å². The lowest BCUT2D eigenvalue weighted by molar-refractivity contribution is -0.133. The Morgan fingerprint density at radius 3 is 2.50 bits per heavy atom. The van der Waals surface area contributed by atoms with Gasteiger partial charge in [0.2, 0.25) is 5.91 Å². The molecule has 3 atom stereocenters. The summed E-state index contributed by atoms with van der Waals surface area (Å²) in [6.07, 6.45) is 3.20. The summed E-state index contributed by atoms with van der Waals surface area (Å²) in [5.74, 6) is 0.862. The molecule has 0 aromatic carbocycles. The van der Waals surface area contributed by atoms with Gasteiger partial charge in [-0.1, -0.05) is 34.1 Å². The van der Waals surface area contributed by atoms with E-state index >= 15 is 0 Å². The average molecular weight is 226 g/mol. The normalized spacial score (nSPS) is 32.2. The third-order valence-corrected chi connectivity index (χ3v) is 3.89. The predicted molar refractivity (Wildman–Crippen MR) is 67.1 cm³/mol. The van der Waals surface area contributed by atoms with Gasteiger partial charge in [0, 0.05) is 6.54 Å². The van der Waals surface area contributed by atoms with Gasteiger partial charge in [-0.05, 0) is 25.7 Å². The molecule has 0 bridgehead atoms. The molecule has 1 saturated heterocycles. The van der Waals surface area contributed by atoms with Crippen LogP contribution in [0.1, 0.15) is 53.9 Å². The van der Waals surface area contributed by atoms with E-state index in [1.165, 1.54) is 0 Å². The van der Waals surface area contributed by atoms with Gasteiger partial charge in [-0.15, -0.1) is 0 Å². The van der Waals surface area contributed by atoms with Crippen LogP contribution < -0.4 is 5.32 Å². The lowest BCUT2D eigenvalue weighted by Gasteiger charge is -2.26. The maximum Gasteiger partial charge on any atom is 0.243 e. The summed E-state index contributed by atoms with van der Waals surface area (Å²) in [7, 11) is 0. The van der Waals surface area contributed by atoms with Crippen molar-refractivity contribution in [3.05, 3.63) is 0 Å². The molecule has 3 unspecified atom stereocenters. The first-order valence-corrected chi connectivity index (χ1v) is 6.57. The molecule has 3 heteroatoms. The zero-order valence-corrected chi connectivity index (χ0v) is 11.3. The average Bonchev–Trinajstić information content (AvgIpc) is 2.54. The fourth-order valence-electron chi connectivity index (χ4n) is 2.22. The van der Waals surface area contributed by atoms with E-state index in [9.17, 15) is 4.79 Å². The lowest BCUT2D eigenvalue weighted by Crippen LogP contribution is -2.43. The summed E-state index contributed by atoms with van der Waals surface area (Å²) in [5, 5.41) is 3.47. The number of rotatable bonds is 5. The first-order valence-electron chi connectivity index (χ1n) is 6.57. The fraction of sp³-hybridized carbons (Fsp3) is 0.923. The van der Waals surface area contributed by atoms with Crippen LogP contribution in [0.5, 0.6) is 0 Å². The van der Waals surface area contributed by atoms with Gasteiger partial charge in [-0.2, -0.15) is 0 Å². The quantitative estimate of drug-likeness (QED) is 0.780. The van der Waals surface area contributed by atoms with E-state index in [1.54, 1.807) is 0 Å². The molecule has 1 N–H and O–H groups in total. The zero-order chi connectivity index (χ0) is 12.3. The Morgan fingerprint density at radius 2 is 2.06 bits per heavy atom. The number of hydrogen-bond acceptors (Lipinski definition) is 2. The van der Waals surface area contributed by atoms with Crippen molar-refractivity contribution in [3.8, 4) is 0 Å². The molecule has 1 aliphatic heterocycles. The number of hydrogen-bond donors (Lipinski definition) is 1. The van der Waals surface area contributed by atoms with Gasteiger partial charge < -0.3 is 4.90 Å². The molecule has 16 heavy (non-hydrogen) atoms. The van der Waals surface area contributed by atoms with Gasteiger partial charge in [0.15, 0.2) is 0 Å². The largest absolute Gasteiger partial charge is 0.325 e. The molecule has 1 aliphatic rings. The number of carbonyl (C=O) groups excluding carboxylic acids is 1. The first kappa shape index (κ1) is 13.5. The Labute approximate surface area is 99.6 Å². The number of nitrogens with one attached hydrogen (secondary N) is 1. The topological polar surface area (TPSA) is 32.3 Å². The molecule has 0 aromatic heterocycles. The van der Waals surface area contributed by atoms with Crippen LogP contribution >= 0.6 is 0 Å². The van der Waals surface area contributed by atoms with Crippen molar-refractivity contribution in [3.63, 3.8) is 0 Å². The molecule has 1 fully saturated rings. The van der Waals surface area contributed by atoms with Gasteiger partial charge in [0.25, 0.3) is 0 Å². The van der Waals surface area contributed by atoms with Gasteiger partial charge in [-0.25, -0.2) is 0 Å². The lowest BCUT2D eigenvalue weighted by atomic mass is 9.99. The highest BCUT2D eigenvalue weighted by molar-refractivity contribution is 5.88. The van der Waals surface area contributed by atoms with Crippen LogP contribution in [0.15, 0.2) is 0 Å². The van der Waals surface area contributed by atoms with E-state index in [4.69, 9.17) is 0 Å². The highest BCUT2D eigenvalue weighted by Crippen LogP contribution is 2.26. The highest BCUT2D eigenvalue weighted by Gasteiger charge is 2.45. The van der Waals surface area contributed by atoms with Gasteiger partial charge in [0.05, 0.1) is 11.7 Å². The molecule has 3 nitrogen and oxygen atoms in total. The fourth-order valence-corrected chi connectivity index (χ4v) is 2.22. The highest BCUT2D eigenvalue weighted by atomic mass is 16.2. The summed E-state index contributed by atoms with van der Waals surface area (Å²) in [4.78, 5) is 14.4. The van der Waals surface area contributed by atoms with Crippen LogP contribution in [0.25, 0.3) is 0 Å². The summed E-state index contributed by atoms with van der Waals surface area (Å²) in [6.45, 7) is 11.5. The molecule has 0 radical (unpaired) electrons. The molecule has 1 heterocycles. The monoisotopic (exact) mass is 226 g/mol. The van der Waals surface area contributed by atoms with Gasteiger partial charge in [0.1, 0.15) is 0 Å². The van der Waals surface area contributed by atoms with Crippen LogP contribution in [-0.2, 0) is 4.79 Å². The maximum atomic E-state index is 12.3. The second-order valence-corrected chi connectivity index (χ2v) is 5.22. The molecular weight excluding hydrogens is 200 g/mol. The Hall–Kier alpha value is -0.570. The zero-order valence-electron chi connectivity index (χ0n) is 11.3. The van der Waals surface area contributed by atoms with Crippen molar-refractivity contribution >= 4 is 5.91 Å². The number of carbonyl (C=O) groups is 1. The Bertz CT molecular complexity index is 254. The molecule has 0 spiro atoms. The van der Waals surface area contributed by atoms with Crippen LogP contribution in [-0.4, -0.2) is 29.1 Å². The molecule has 0 saturated carbocycles. The van der Waals surface area contributed by atoms with Crippen molar-refractivity contribution in [2.75, 3.05) is 6.54 Å². The van der Waals surface area contributed by atoms with E-state index in [1.807, 2.05) is 11.8 Å². The van der Waals surface area contributed by atoms with Crippen LogP contribution in [0, 0.1) is 5.92 Å². The third-order valence-electron chi connectivity index (χ3n) is 3.89. The van der Waals surface area contributed by atoms with Crippen LogP contribution in [0.4, 0.5) is 0 Å². The molecule has 1 amide bonds. The Kier molecular flexibility index (Phi) is 4.36. The summed E-state index contributed by atoms with van der Waals surface area (Å²) >= 11 is 0. The minimum absolute atomic E-state index is 0.228.